The Morgan fingerprint density at radius 3 is 2.71 bits per heavy atom. The molecule has 0 saturated heterocycles. The summed E-state index contributed by atoms with van der Waals surface area (Å²) in [6.45, 7) is 0. The van der Waals surface area contributed by atoms with E-state index >= 15 is 0 Å². The maximum absolute atomic E-state index is 11.7. The lowest BCUT2D eigenvalue weighted by Gasteiger charge is -2.22. The molecule has 1 saturated carbocycles. The number of hydrogen-bond acceptors (Lipinski definition) is 2. The van der Waals surface area contributed by atoms with Gasteiger partial charge in [-0.1, -0.05) is 19.3 Å². The molecular weight excluding hydrogens is 329 g/mol. The second-order valence-corrected chi connectivity index (χ2v) is 5.54. The Labute approximate surface area is 115 Å². The van der Waals surface area contributed by atoms with Crippen LogP contribution in [0.1, 0.15) is 32.1 Å². The van der Waals surface area contributed by atoms with E-state index in [1.165, 1.54) is 19.3 Å². The summed E-state index contributed by atoms with van der Waals surface area (Å²) in [5, 5.41) is 5.74. The second kappa shape index (κ2) is 6.18. The number of rotatable bonds is 2. The van der Waals surface area contributed by atoms with Gasteiger partial charge in [0.05, 0.1) is 0 Å². The average Bonchev–Trinajstić information content (AvgIpc) is 2.33. The Morgan fingerprint density at radius 2 is 2.06 bits per heavy atom. The van der Waals surface area contributed by atoms with Crippen LogP contribution < -0.4 is 10.6 Å². The molecule has 0 unspecified atom stereocenters. The Balaban J connectivity index is 1.82. The van der Waals surface area contributed by atoms with Crippen molar-refractivity contribution in [1.82, 2.24) is 10.3 Å². The number of anilines is 1. The molecule has 1 fully saturated rings. The van der Waals surface area contributed by atoms with Gasteiger partial charge in [-0.05, 0) is 47.6 Å². The van der Waals surface area contributed by atoms with Gasteiger partial charge < -0.3 is 5.32 Å². The first-order valence-corrected chi connectivity index (χ1v) is 7.01. The number of aromatic nitrogens is 1. The summed E-state index contributed by atoms with van der Waals surface area (Å²) in [6.07, 6.45) is 7.63. The Bertz CT molecular complexity index is 374. The zero-order valence-electron chi connectivity index (χ0n) is 9.58. The monoisotopic (exact) mass is 345 g/mol. The summed E-state index contributed by atoms with van der Waals surface area (Å²) in [6, 6.07) is 3.91. The lowest BCUT2D eigenvalue weighted by Crippen LogP contribution is -2.39. The van der Waals surface area contributed by atoms with Gasteiger partial charge in [0, 0.05) is 15.8 Å². The first-order valence-electron chi connectivity index (χ1n) is 5.93. The molecule has 1 aliphatic rings. The Hall–Kier alpha value is -0.850. The predicted molar refractivity (Wildman–Crippen MR) is 76.0 cm³/mol. The third-order valence-electron chi connectivity index (χ3n) is 2.91. The van der Waals surface area contributed by atoms with Gasteiger partial charge in [0.15, 0.2) is 0 Å². The number of carbonyl (C=O) groups excluding carboxylic acids is 1. The number of amides is 2. The molecule has 0 bridgehead atoms. The molecule has 0 radical (unpaired) electrons. The van der Waals surface area contributed by atoms with Gasteiger partial charge in [-0.25, -0.2) is 9.78 Å². The smallest absolute Gasteiger partial charge is 0.320 e. The zero-order valence-corrected chi connectivity index (χ0v) is 11.7. The van der Waals surface area contributed by atoms with E-state index in [1.54, 1.807) is 6.20 Å². The van der Waals surface area contributed by atoms with Crippen LogP contribution in [0.15, 0.2) is 18.3 Å². The SMILES string of the molecule is O=C(Nc1ccc(I)cn1)NC1CCCCC1. The summed E-state index contributed by atoms with van der Waals surface area (Å²) in [5.41, 5.74) is 0. The van der Waals surface area contributed by atoms with Crippen LogP contribution in [-0.4, -0.2) is 17.1 Å². The maximum atomic E-state index is 11.7. The van der Waals surface area contributed by atoms with Crippen molar-refractivity contribution in [2.75, 3.05) is 5.32 Å². The molecule has 1 aliphatic carbocycles. The number of nitrogens with zero attached hydrogens (tertiary/aromatic N) is 1. The highest BCUT2D eigenvalue weighted by molar-refractivity contribution is 14.1. The fourth-order valence-corrected chi connectivity index (χ4v) is 2.35. The normalized spacial score (nSPS) is 16.5. The van der Waals surface area contributed by atoms with Crippen molar-refractivity contribution in [3.8, 4) is 0 Å². The lowest BCUT2D eigenvalue weighted by atomic mass is 9.96. The highest BCUT2D eigenvalue weighted by Crippen LogP contribution is 2.17. The quantitative estimate of drug-likeness (QED) is 0.809. The second-order valence-electron chi connectivity index (χ2n) is 4.30. The van der Waals surface area contributed by atoms with Gasteiger partial charge in [-0.2, -0.15) is 0 Å². The fraction of sp³-hybridized carbons (Fsp3) is 0.500. The number of pyridine rings is 1. The van der Waals surface area contributed by atoms with E-state index in [4.69, 9.17) is 0 Å². The van der Waals surface area contributed by atoms with Crippen LogP contribution in [0.25, 0.3) is 0 Å². The van der Waals surface area contributed by atoms with Gasteiger partial charge >= 0.3 is 6.03 Å². The lowest BCUT2D eigenvalue weighted by molar-refractivity contribution is 0.244. The van der Waals surface area contributed by atoms with Gasteiger partial charge in [0.25, 0.3) is 0 Å². The highest BCUT2D eigenvalue weighted by Gasteiger charge is 2.15. The van der Waals surface area contributed by atoms with Crippen molar-refractivity contribution in [1.29, 1.82) is 0 Å². The molecule has 92 valence electrons. The van der Waals surface area contributed by atoms with Gasteiger partial charge in [-0.3, -0.25) is 5.32 Å². The molecule has 1 aromatic heterocycles. The van der Waals surface area contributed by atoms with E-state index < -0.39 is 0 Å². The standard InChI is InChI=1S/C12H16IN3O/c13-9-6-7-11(14-8-9)16-12(17)15-10-4-2-1-3-5-10/h6-8,10H,1-5H2,(H2,14,15,16,17). The van der Waals surface area contributed by atoms with E-state index in [2.05, 4.69) is 38.2 Å². The molecule has 0 aliphatic heterocycles. The van der Waals surface area contributed by atoms with Gasteiger partial charge in [-0.15, -0.1) is 0 Å². The van der Waals surface area contributed by atoms with Crippen LogP contribution in [-0.2, 0) is 0 Å². The third-order valence-corrected chi connectivity index (χ3v) is 3.55. The van der Waals surface area contributed by atoms with E-state index in [9.17, 15) is 4.79 Å². The van der Waals surface area contributed by atoms with Crippen molar-refractivity contribution in [2.45, 2.75) is 38.1 Å². The van der Waals surface area contributed by atoms with Crippen LogP contribution >= 0.6 is 22.6 Å². The van der Waals surface area contributed by atoms with Crippen molar-refractivity contribution in [2.24, 2.45) is 0 Å². The molecule has 4 nitrogen and oxygen atoms in total. The molecule has 0 aromatic carbocycles. The minimum absolute atomic E-state index is 0.148. The molecule has 17 heavy (non-hydrogen) atoms. The number of urea groups is 1. The largest absolute Gasteiger partial charge is 0.335 e. The zero-order chi connectivity index (χ0) is 12.1. The number of carbonyl (C=O) groups is 1. The number of hydrogen-bond donors (Lipinski definition) is 2. The number of halogens is 1. The molecule has 2 amide bonds. The van der Waals surface area contributed by atoms with Crippen LogP contribution in [0.4, 0.5) is 10.6 Å². The molecule has 1 aromatic rings. The van der Waals surface area contributed by atoms with Crippen LogP contribution in [0.2, 0.25) is 0 Å². The summed E-state index contributed by atoms with van der Waals surface area (Å²) >= 11 is 2.18. The molecule has 2 N–H and O–H groups in total. The molecule has 0 atom stereocenters. The van der Waals surface area contributed by atoms with Crippen molar-refractivity contribution < 1.29 is 4.79 Å². The van der Waals surface area contributed by atoms with E-state index in [-0.39, 0.29) is 6.03 Å². The van der Waals surface area contributed by atoms with Gasteiger partial charge in [0.1, 0.15) is 5.82 Å². The number of nitrogens with one attached hydrogen (secondary N) is 2. The van der Waals surface area contributed by atoms with Crippen LogP contribution in [0, 0.1) is 3.57 Å². The summed E-state index contributed by atoms with van der Waals surface area (Å²) in [7, 11) is 0. The summed E-state index contributed by atoms with van der Waals surface area (Å²) < 4.78 is 1.06. The Kier molecular flexibility index (Phi) is 4.58. The topological polar surface area (TPSA) is 54.0 Å². The fourth-order valence-electron chi connectivity index (χ4n) is 2.03. The Morgan fingerprint density at radius 1 is 1.29 bits per heavy atom. The highest BCUT2D eigenvalue weighted by atomic mass is 127. The van der Waals surface area contributed by atoms with E-state index in [0.29, 0.717) is 11.9 Å². The summed E-state index contributed by atoms with van der Waals surface area (Å²) in [4.78, 5) is 15.8. The van der Waals surface area contributed by atoms with Crippen LogP contribution in [0.3, 0.4) is 0 Å². The molecule has 2 rings (SSSR count). The molecular formula is C12H16IN3O. The van der Waals surface area contributed by atoms with E-state index in [0.717, 1.165) is 16.4 Å². The van der Waals surface area contributed by atoms with Crippen LogP contribution in [0.5, 0.6) is 0 Å². The van der Waals surface area contributed by atoms with E-state index in [1.807, 2.05) is 12.1 Å². The molecule has 0 spiro atoms. The predicted octanol–water partition coefficient (Wildman–Crippen LogP) is 3.14. The van der Waals surface area contributed by atoms with Crippen molar-refractivity contribution in [3.63, 3.8) is 0 Å². The minimum Gasteiger partial charge on any atom is -0.335 e. The van der Waals surface area contributed by atoms with Crippen molar-refractivity contribution >= 4 is 34.4 Å². The third kappa shape index (κ3) is 4.14. The first kappa shape index (κ1) is 12.6. The average molecular weight is 345 g/mol. The first-order chi connectivity index (χ1) is 8.24. The molecule has 1 heterocycles. The molecule has 5 heteroatoms. The minimum atomic E-state index is -0.148. The maximum Gasteiger partial charge on any atom is 0.320 e. The van der Waals surface area contributed by atoms with Gasteiger partial charge in [0.2, 0.25) is 0 Å². The van der Waals surface area contributed by atoms with Crippen molar-refractivity contribution in [3.05, 3.63) is 21.9 Å². The summed E-state index contributed by atoms with van der Waals surface area (Å²) in [5.74, 6) is 0.596.